The van der Waals surface area contributed by atoms with Crippen LogP contribution in [0.25, 0.3) is 11.0 Å². The van der Waals surface area contributed by atoms with Crippen LogP contribution in [-0.4, -0.2) is 27.4 Å². The number of rotatable bonds is 4. The van der Waals surface area contributed by atoms with Gasteiger partial charge in [-0.15, -0.1) is 0 Å². The largest absolute Gasteiger partial charge is 0.464 e. The summed E-state index contributed by atoms with van der Waals surface area (Å²) in [6.45, 7) is 3.77. The Bertz CT molecular complexity index is 617. The summed E-state index contributed by atoms with van der Waals surface area (Å²) in [5, 5.41) is 3.81. The molecular weight excluding hydrogens is 309 g/mol. The maximum Gasteiger partial charge on any atom is 0.328 e. The highest BCUT2D eigenvalue weighted by Gasteiger charge is 2.19. The van der Waals surface area contributed by atoms with Gasteiger partial charge in [0.15, 0.2) is 0 Å². The first-order valence-electron chi connectivity index (χ1n) is 5.58. The van der Waals surface area contributed by atoms with Crippen molar-refractivity contribution in [1.82, 2.24) is 8.75 Å². The Hall–Kier alpha value is -1.11. The van der Waals surface area contributed by atoms with Crippen LogP contribution in [0.1, 0.15) is 13.8 Å². The molecule has 8 heteroatoms. The van der Waals surface area contributed by atoms with Crippen molar-refractivity contribution in [3.05, 3.63) is 16.1 Å². The molecule has 2 aromatic rings. The minimum Gasteiger partial charge on any atom is -0.464 e. The van der Waals surface area contributed by atoms with Gasteiger partial charge in [-0.2, -0.15) is 8.75 Å². The lowest BCUT2D eigenvalue weighted by atomic mass is 10.2. The molecule has 1 atom stereocenters. The quantitative estimate of drug-likeness (QED) is 0.875. The van der Waals surface area contributed by atoms with Gasteiger partial charge in [-0.3, -0.25) is 0 Å². The van der Waals surface area contributed by atoms with Crippen molar-refractivity contribution in [2.24, 2.45) is 0 Å². The van der Waals surface area contributed by atoms with E-state index in [0.29, 0.717) is 33.4 Å². The van der Waals surface area contributed by atoms with Crippen molar-refractivity contribution in [3.8, 4) is 0 Å². The number of hydrogen-bond donors (Lipinski definition) is 1. The molecule has 0 aliphatic carbocycles. The second-order valence-electron chi connectivity index (χ2n) is 3.79. The molecule has 1 N–H and O–H groups in total. The number of aromatic nitrogens is 2. The summed E-state index contributed by atoms with van der Waals surface area (Å²) in [7, 11) is 0. The first kappa shape index (κ1) is 14.3. The summed E-state index contributed by atoms with van der Waals surface area (Å²) in [5.74, 6) is -0.357. The van der Waals surface area contributed by atoms with Gasteiger partial charge in [0.2, 0.25) is 0 Å². The first-order valence-corrected chi connectivity index (χ1v) is 7.06. The van der Waals surface area contributed by atoms with Crippen LogP contribution >= 0.6 is 34.9 Å². The summed E-state index contributed by atoms with van der Waals surface area (Å²) in [4.78, 5) is 11.6. The van der Waals surface area contributed by atoms with Gasteiger partial charge in [0.25, 0.3) is 0 Å². The maximum atomic E-state index is 11.6. The van der Waals surface area contributed by atoms with Gasteiger partial charge < -0.3 is 10.1 Å². The fourth-order valence-corrected chi connectivity index (χ4v) is 2.72. The van der Waals surface area contributed by atoms with Gasteiger partial charge in [-0.05, 0) is 19.9 Å². The molecule has 0 radical (unpaired) electrons. The van der Waals surface area contributed by atoms with Gasteiger partial charge in [0.05, 0.1) is 34.1 Å². The molecule has 0 saturated carbocycles. The molecule has 19 heavy (non-hydrogen) atoms. The van der Waals surface area contributed by atoms with E-state index in [1.807, 2.05) is 0 Å². The molecule has 0 fully saturated rings. The van der Waals surface area contributed by atoms with E-state index in [4.69, 9.17) is 27.9 Å². The molecule has 1 aromatic carbocycles. The molecule has 1 aromatic heterocycles. The Kier molecular flexibility index (Phi) is 4.44. The summed E-state index contributed by atoms with van der Waals surface area (Å²) in [6.07, 6.45) is 0. The number of nitrogens with one attached hydrogen (secondary N) is 1. The minimum absolute atomic E-state index is 0.326. The molecule has 0 spiro atoms. The highest BCUT2D eigenvalue weighted by molar-refractivity contribution is 7.00. The molecule has 5 nitrogen and oxygen atoms in total. The van der Waals surface area contributed by atoms with E-state index < -0.39 is 6.04 Å². The van der Waals surface area contributed by atoms with Gasteiger partial charge in [-0.1, -0.05) is 23.2 Å². The predicted octanol–water partition coefficient (Wildman–Crippen LogP) is 3.36. The van der Waals surface area contributed by atoms with Gasteiger partial charge >= 0.3 is 5.97 Å². The van der Waals surface area contributed by atoms with Crippen molar-refractivity contribution >= 4 is 57.6 Å². The first-order chi connectivity index (χ1) is 9.04. The molecule has 0 saturated heterocycles. The van der Waals surface area contributed by atoms with Crippen LogP contribution in [0.3, 0.4) is 0 Å². The van der Waals surface area contributed by atoms with Crippen LogP contribution in [0.2, 0.25) is 10.0 Å². The second-order valence-corrected chi connectivity index (χ2v) is 5.14. The zero-order valence-electron chi connectivity index (χ0n) is 10.2. The third-order valence-electron chi connectivity index (χ3n) is 2.44. The zero-order chi connectivity index (χ0) is 14.0. The third-order valence-corrected chi connectivity index (χ3v) is 3.56. The topological polar surface area (TPSA) is 64.1 Å². The number of benzene rings is 1. The standard InChI is InChI=1S/C11H11Cl2N3O2S/c1-3-18-11(17)5(2)14-8-6(12)4-7(13)9-10(8)16-19-15-9/h4-5,14H,3H2,1-2H3. The van der Waals surface area contributed by atoms with Crippen molar-refractivity contribution in [2.45, 2.75) is 19.9 Å². The lowest BCUT2D eigenvalue weighted by Crippen LogP contribution is -2.28. The van der Waals surface area contributed by atoms with Crippen LogP contribution in [0.5, 0.6) is 0 Å². The minimum atomic E-state index is -0.538. The maximum absolute atomic E-state index is 11.6. The van der Waals surface area contributed by atoms with Gasteiger partial charge in [0.1, 0.15) is 17.1 Å². The number of fused-ring (bicyclic) bond motifs is 1. The number of nitrogens with zero attached hydrogens (tertiary/aromatic N) is 2. The zero-order valence-corrected chi connectivity index (χ0v) is 12.6. The molecular formula is C11H11Cl2N3O2S. The SMILES string of the molecule is CCOC(=O)C(C)Nc1c(Cl)cc(Cl)c2nsnc12. The molecule has 0 bridgehead atoms. The lowest BCUT2D eigenvalue weighted by Gasteiger charge is -2.15. The van der Waals surface area contributed by atoms with E-state index in [-0.39, 0.29) is 5.97 Å². The van der Waals surface area contributed by atoms with Crippen LogP contribution in [0.15, 0.2) is 6.07 Å². The molecule has 0 aliphatic rings. The molecule has 2 rings (SSSR count). The monoisotopic (exact) mass is 319 g/mol. The highest BCUT2D eigenvalue weighted by Crippen LogP contribution is 2.35. The van der Waals surface area contributed by atoms with E-state index in [2.05, 4.69) is 14.1 Å². The van der Waals surface area contributed by atoms with E-state index in [0.717, 1.165) is 11.7 Å². The summed E-state index contributed by atoms with van der Waals surface area (Å²) in [6, 6.07) is 1.04. The van der Waals surface area contributed by atoms with E-state index in [1.54, 1.807) is 19.9 Å². The average molecular weight is 320 g/mol. The number of esters is 1. The smallest absolute Gasteiger partial charge is 0.328 e. The van der Waals surface area contributed by atoms with Gasteiger partial charge in [-0.25, -0.2) is 4.79 Å². The Morgan fingerprint density at radius 3 is 2.79 bits per heavy atom. The third kappa shape index (κ3) is 2.91. The highest BCUT2D eigenvalue weighted by atomic mass is 35.5. The number of hydrogen-bond acceptors (Lipinski definition) is 6. The average Bonchev–Trinajstić information content (AvgIpc) is 2.84. The number of anilines is 1. The van der Waals surface area contributed by atoms with Gasteiger partial charge in [0, 0.05) is 0 Å². The predicted molar refractivity (Wildman–Crippen MR) is 77.2 cm³/mol. The second kappa shape index (κ2) is 5.90. The normalized spacial score (nSPS) is 12.4. The Balaban J connectivity index is 2.35. The number of carbonyl (C=O) groups is 1. The van der Waals surface area contributed by atoms with Crippen LogP contribution in [0, 0.1) is 0 Å². The molecule has 1 heterocycles. The van der Waals surface area contributed by atoms with Crippen LogP contribution < -0.4 is 5.32 Å². The molecule has 1 unspecified atom stereocenters. The Labute approximate surface area is 124 Å². The van der Waals surface area contributed by atoms with Crippen molar-refractivity contribution in [1.29, 1.82) is 0 Å². The number of carbonyl (C=O) groups excluding carboxylic acids is 1. The van der Waals surface area contributed by atoms with Crippen LogP contribution in [-0.2, 0) is 9.53 Å². The number of halogens is 2. The lowest BCUT2D eigenvalue weighted by molar-refractivity contribution is -0.143. The van der Waals surface area contributed by atoms with Crippen molar-refractivity contribution in [3.63, 3.8) is 0 Å². The number of ether oxygens (including phenoxy) is 1. The Morgan fingerprint density at radius 1 is 1.42 bits per heavy atom. The summed E-state index contributed by atoms with van der Waals surface area (Å²) >= 11 is 13.2. The molecule has 0 amide bonds. The summed E-state index contributed by atoms with van der Waals surface area (Å²) < 4.78 is 13.2. The van der Waals surface area contributed by atoms with Crippen molar-refractivity contribution < 1.29 is 9.53 Å². The Morgan fingerprint density at radius 2 is 2.11 bits per heavy atom. The fourth-order valence-electron chi connectivity index (χ4n) is 1.55. The molecule has 0 aliphatic heterocycles. The van der Waals surface area contributed by atoms with Crippen LogP contribution in [0.4, 0.5) is 5.69 Å². The fraction of sp³-hybridized carbons (Fsp3) is 0.364. The van der Waals surface area contributed by atoms with E-state index >= 15 is 0 Å². The van der Waals surface area contributed by atoms with E-state index in [1.165, 1.54) is 0 Å². The summed E-state index contributed by atoms with van der Waals surface area (Å²) in [5.41, 5.74) is 1.66. The van der Waals surface area contributed by atoms with Crippen molar-refractivity contribution in [2.75, 3.05) is 11.9 Å². The molecule has 102 valence electrons. The van der Waals surface area contributed by atoms with E-state index in [9.17, 15) is 4.79 Å².